The molecule has 0 bridgehead atoms. The lowest BCUT2D eigenvalue weighted by molar-refractivity contribution is -0.137. The first-order chi connectivity index (χ1) is 20.0. The third kappa shape index (κ3) is 6.05. The largest absolute Gasteiger partial charge is 0.416 e. The monoisotopic (exact) mass is 572 g/mol. The van der Waals surface area contributed by atoms with Gasteiger partial charge in [-0.25, -0.2) is 9.18 Å². The molecular formula is C33H28F4N4O. The molecule has 0 saturated carbocycles. The van der Waals surface area contributed by atoms with Crippen LogP contribution in [0.3, 0.4) is 0 Å². The fourth-order valence-corrected chi connectivity index (χ4v) is 5.12. The number of halogens is 4. The van der Waals surface area contributed by atoms with Gasteiger partial charge in [0.05, 0.1) is 23.1 Å². The summed E-state index contributed by atoms with van der Waals surface area (Å²) >= 11 is 0. The summed E-state index contributed by atoms with van der Waals surface area (Å²) in [5, 5.41) is 5.62. The van der Waals surface area contributed by atoms with Gasteiger partial charge in [-0.1, -0.05) is 42.5 Å². The normalized spacial score (nSPS) is 12.9. The number of nitrogens with zero attached hydrogens (tertiary/aromatic N) is 2. The number of rotatable bonds is 7. The number of aromatic nitrogens is 2. The van der Waals surface area contributed by atoms with Crippen molar-refractivity contribution in [1.29, 1.82) is 0 Å². The van der Waals surface area contributed by atoms with E-state index in [-0.39, 0.29) is 12.0 Å². The van der Waals surface area contributed by atoms with Gasteiger partial charge in [-0.2, -0.15) is 13.2 Å². The highest BCUT2D eigenvalue weighted by molar-refractivity contribution is 5.90. The number of anilines is 1. The second kappa shape index (κ2) is 11.5. The predicted molar refractivity (Wildman–Crippen MR) is 154 cm³/mol. The maximum Gasteiger partial charge on any atom is 0.416 e. The second-order valence-electron chi connectivity index (χ2n) is 10.1. The van der Waals surface area contributed by atoms with Crippen LogP contribution in [0.25, 0.3) is 5.69 Å². The second-order valence-corrected chi connectivity index (χ2v) is 10.1. The van der Waals surface area contributed by atoms with E-state index in [9.17, 15) is 22.4 Å². The van der Waals surface area contributed by atoms with Gasteiger partial charge in [0.1, 0.15) is 11.4 Å². The number of amides is 2. The van der Waals surface area contributed by atoms with Crippen molar-refractivity contribution in [3.05, 3.63) is 149 Å². The third-order valence-corrected chi connectivity index (χ3v) is 7.14. The zero-order valence-corrected chi connectivity index (χ0v) is 22.9. The van der Waals surface area contributed by atoms with E-state index in [0.29, 0.717) is 11.4 Å². The van der Waals surface area contributed by atoms with Crippen LogP contribution in [0.15, 0.2) is 109 Å². The van der Waals surface area contributed by atoms with Crippen molar-refractivity contribution in [3.63, 3.8) is 0 Å². The van der Waals surface area contributed by atoms with Gasteiger partial charge in [-0.05, 0) is 85.6 Å². The molecule has 0 spiro atoms. The molecule has 2 aromatic heterocycles. The van der Waals surface area contributed by atoms with E-state index in [1.807, 2.05) is 66.9 Å². The molecule has 5 nitrogen and oxygen atoms in total. The van der Waals surface area contributed by atoms with Crippen LogP contribution in [-0.2, 0) is 18.1 Å². The first-order valence-corrected chi connectivity index (χ1v) is 13.2. The van der Waals surface area contributed by atoms with Crippen molar-refractivity contribution < 1.29 is 22.4 Å². The summed E-state index contributed by atoms with van der Waals surface area (Å²) in [4.78, 5) is 18.2. The van der Waals surface area contributed by atoms with E-state index in [1.54, 1.807) is 18.3 Å². The van der Waals surface area contributed by atoms with Crippen molar-refractivity contribution in [2.24, 2.45) is 0 Å². The van der Waals surface area contributed by atoms with Gasteiger partial charge in [0.15, 0.2) is 0 Å². The molecule has 1 unspecified atom stereocenters. The number of hydrogen-bond acceptors (Lipinski definition) is 2. The number of nitrogens with one attached hydrogen (secondary N) is 2. The molecule has 0 aliphatic carbocycles. The van der Waals surface area contributed by atoms with Gasteiger partial charge in [0.25, 0.3) is 0 Å². The van der Waals surface area contributed by atoms with Gasteiger partial charge < -0.3 is 15.2 Å². The summed E-state index contributed by atoms with van der Waals surface area (Å²) in [6, 6.07) is 26.0. The Morgan fingerprint density at radius 2 is 1.48 bits per heavy atom. The zero-order chi connectivity index (χ0) is 29.9. The molecule has 214 valence electrons. The van der Waals surface area contributed by atoms with Gasteiger partial charge in [0, 0.05) is 23.5 Å². The highest BCUT2D eigenvalue weighted by Crippen LogP contribution is 2.37. The molecule has 2 N–H and O–H groups in total. The fraction of sp³-hybridized carbons (Fsp3) is 0.152. The summed E-state index contributed by atoms with van der Waals surface area (Å²) in [7, 11) is 0. The number of urea groups is 1. The lowest BCUT2D eigenvalue weighted by Crippen LogP contribution is -2.50. The van der Waals surface area contributed by atoms with E-state index < -0.39 is 29.1 Å². The van der Waals surface area contributed by atoms with Crippen LogP contribution in [0.4, 0.5) is 28.0 Å². The van der Waals surface area contributed by atoms with Crippen molar-refractivity contribution in [3.8, 4) is 5.69 Å². The van der Waals surface area contributed by atoms with E-state index in [2.05, 4.69) is 10.6 Å². The Labute approximate surface area is 240 Å². The van der Waals surface area contributed by atoms with Crippen LogP contribution in [0.1, 0.15) is 33.8 Å². The average molecular weight is 573 g/mol. The Bertz CT molecular complexity index is 1660. The summed E-state index contributed by atoms with van der Waals surface area (Å²) in [5.41, 5.74) is 2.00. The first kappa shape index (κ1) is 28.6. The topological polar surface area (TPSA) is 59.0 Å². The first-order valence-electron chi connectivity index (χ1n) is 13.2. The number of hydrogen-bond donors (Lipinski definition) is 2. The van der Waals surface area contributed by atoms with Crippen molar-refractivity contribution >= 4 is 11.7 Å². The minimum atomic E-state index is -4.61. The number of benzene rings is 3. The van der Waals surface area contributed by atoms with Gasteiger partial charge in [-0.15, -0.1) is 0 Å². The molecule has 0 aliphatic rings. The number of carbonyl (C=O) groups excluding carboxylic acids is 1. The molecule has 5 rings (SSSR count). The van der Waals surface area contributed by atoms with Crippen molar-refractivity contribution in [2.75, 3.05) is 5.32 Å². The highest BCUT2D eigenvalue weighted by Gasteiger charge is 2.40. The molecule has 2 amide bonds. The molecule has 0 saturated heterocycles. The lowest BCUT2D eigenvalue weighted by Gasteiger charge is -2.36. The van der Waals surface area contributed by atoms with Crippen LogP contribution in [0.2, 0.25) is 0 Å². The Morgan fingerprint density at radius 3 is 2.10 bits per heavy atom. The van der Waals surface area contributed by atoms with Crippen LogP contribution < -0.4 is 10.6 Å². The Balaban J connectivity index is 1.67. The molecule has 5 aromatic rings. The minimum absolute atomic E-state index is 0.0971. The van der Waals surface area contributed by atoms with Crippen LogP contribution >= 0.6 is 0 Å². The van der Waals surface area contributed by atoms with Crippen LogP contribution in [0, 0.1) is 19.7 Å². The maximum atomic E-state index is 13.9. The summed E-state index contributed by atoms with van der Waals surface area (Å²) in [6.07, 6.45) is -2.87. The third-order valence-electron chi connectivity index (χ3n) is 7.14. The Morgan fingerprint density at radius 1 is 0.810 bits per heavy atom. The molecule has 42 heavy (non-hydrogen) atoms. The van der Waals surface area contributed by atoms with Gasteiger partial charge in [0.2, 0.25) is 0 Å². The average Bonchev–Trinajstić information content (AvgIpc) is 3.31. The molecule has 3 aromatic carbocycles. The van der Waals surface area contributed by atoms with Crippen LogP contribution in [-0.4, -0.2) is 15.6 Å². The molecule has 0 fully saturated rings. The lowest BCUT2D eigenvalue weighted by atomic mass is 9.80. The van der Waals surface area contributed by atoms with E-state index in [1.165, 1.54) is 30.3 Å². The highest BCUT2D eigenvalue weighted by atomic mass is 19.4. The van der Waals surface area contributed by atoms with Crippen LogP contribution in [0.5, 0.6) is 0 Å². The minimum Gasteiger partial charge on any atom is -0.322 e. The summed E-state index contributed by atoms with van der Waals surface area (Å²) in [5.74, 6) is -0.471. The fourth-order valence-electron chi connectivity index (χ4n) is 5.12. The maximum absolute atomic E-state index is 13.9. The standard InChI is InChI=1S/C33H28F4N4O/c1-22-11-12-23(2)41(22)29-17-18-30(38-21-29)32(20-24-7-4-3-5-8-24,25-9-6-10-26(19-25)33(35,36)37)40-31(42)39-28-15-13-27(34)14-16-28/h3-19,21H,20H2,1-2H3,(H2,39,40,42). The summed E-state index contributed by atoms with van der Waals surface area (Å²) < 4.78 is 57.2. The number of aryl methyl sites for hydroxylation is 2. The summed E-state index contributed by atoms with van der Waals surface area (Å²) in [6.45, 7) is 3.93. The van der Waals surface area contributed by atoms with E-state index >= 15 is 0 Å². The SMILES string of the molecule is Cc1ccc(C)n1-c1ccc(C(Cc2ccccc2)(NC(=O)Nc2ccc(F)cc2)c2cccc(C(F)(F)F)c2)nc1. The molecular weight excluding hydrogens is 544 g/mol. The quantitative estimate of drug-likeness (QED) is 0.195. The van der Waals surface area contributed by atoms with Gasteiger partial charge in [-0.3, -0.25) is 4.98 Å². The number of carbonyl (C=O) groups is 1. The molecule has 9 heteroatoms. The zero-order valence-electron chi connectivity index (χ0n) is 22.9. The molecule has 2 heterocycles. The molecule has 0 aliphatic heterocycles. The number of pyridine rings is 1. The molecule has 1 atom stereocenters. The van der Waals surface area contributed by atoms with Gasteiger partial charge >= 0.3 is 12.2 Å². The smallest absolute Gasteiger partial charge is 0.322 e. The van der Waals surface area contributed by atoms with Crippen molar-refractivity contribution in [1.82, 2.24) is 14.9 Å². The van der Waals surface area contributed by atoms with Crippen molar-refractivity contribution in [2.45, 2.75) is 32.0 Å². The number of alkyl halides is 3. The Kier molecular flexibility index (Phi) is 7.85. The molecule has 0 radical (unpaired) electrons. The van der Waals surface area contributed by atoms with E-state index in [4.69, 9.17) is 4.98 Å². The Hall–Kier alpha value is -4.92. The van der Waals surface area contributed by atoms with E-state index in [0.717, 1.165) is 34.8 Å². The predicted octanol–water partition coefficient (Wildman–Crippen LogP) is 7.96.